The van der Waals surface area contributed by atoms with Gasteiger partial charge in [0.1, 0.15) is 13.2 Å². The lowest BCUT2D eigenvalue weighted by molar-refractivity contribution is -0.167. The van der Waals surface area contributed by atoms with E-state index < -0.39 is 6.10 Å². The van der Waals surface area contributed by atoms with E-state index in [0.717, 1.165) is 69.6 Å². The highest BCUT2D eigenvalue weighted by Gasteiger charge is 2.19. The fourth-order valence-corrected chi connectivity index (χ4v) is 7.64. The number of hydrogen-bond donors (Lipinski definition) is 0. The smallest absolute Gasteiger partial charge is 0.306 e. The van der Waals surface area contributed by atoms with Crippen LogP contribution in [0.3, 0.4) is 0 Å². The van der Waals surface area contributed by atoms with Gasteiger partial charge < -0.3 is 14.2 Å². The van der Waals surface area contributed by atoms with Crippen LogP contribution in [0.5, 0.6) is 0 Å². The molecule has 0 radical (unpaired) electrons. The number of carbonyl (C=O) groups excluding carboxylic acids is 3. The Morgan fingerprint density at radius 3 is 0.860 bits per heavy atom. The van der Waals surface area contributed by atoms with Crippen molar-refractivity contribution < 1.29 is 28.6 Å². The number of hydrogen-bond acceptors (Lipinski definition) is 6. The molecule has 0 N–H and O–H groups in total. The molecule has 0 saturated carbocycles. The highest BCUT2D eigenvalue weighted by molar-refractivity contribution is 5.71. The Morgan fingerprint density at radius 1 is 0.333 bits per heavy atom. The van der Waals surface area contributed by atoms with Crippen molar-refractivity contribution in [2.45, 2.75) is 285 Å². The normalized spacial score (nSPS) is 12.1. The van der Waals surface area contributed by atoms with E-state index in [9.17, 15) is 14.4 Å². The van der Waals surface area contributed by atoms with Crippen molar-refractivity contribution in [2.24, 2.45) is 11.8 Å². The third-order valence-corrected chi connectivity index (χ3v) is 11.5. The van der Waals surface area contributed by atoms with Crippen LogP contribution in [0.1, 0.15) is 279 Å². The molecule has 57 heavy (non-hydrogen) atoms. The monoisotopic (exact) mass is 807 g/mol. The van der Waals surface area contributed by atoms with Gasteiger partial charge in [-0.2, -0.15) is 0 Å². The molecule has 0 amide bonds. The van der Waals surface area contributed by atoms with E-state index in [0.29, 0.717) is 19.3 Å². The van der Waals surface area contributed by atoms with E-state index in [1.54, 1.807) is 0 Å². The first-order valence-electron chi connectivity index (χ1n) is 25.2. The van der Waals surface area contributed by atoms with Gasteiger partial charge in [0.25, 0.3) is 0 Å². The minimum Gasteiger partial charge on any atom is -0.462 e. The Morgan fingerprint density at radius 2 is 0.579 bits per heavy atom. The summed E-state index contributed by atoms with van der Waals surface area (Å²) in [5, 5.41) is 0. The summed E-state index contributed by atoms with van der Waals surface area (Å²) < 4.78 is 16.8. The van der Waals surface area contributed by atoms with Crippen LogP contribution in [0.25, 0.3) is 0 Å². The van der Waals surface area contributed by atoms with E-state index in [-0.39, 0.29) is 31.1 Å². The van der Waals surface area contributed by atoms with Crippen molar-refractivity contribution in [2.75, 3.05) is 13.2 Å². The fourth-order valence-electron chi connectivity index (χ4n) is 7.64. The average Bonchev–Trinajstić information content (AvgIpc) is 3.18. The van der Waals surface area contributed by atoms with E-state index in [1.807, 2.05) is 0 Å². The molecular formula is C51H98O6. The van der Waals surface area contributed by atoms with Crippen LogP contribution in [-0.4, -0.2) is 37.2 Å². The second-order valence-corrected chi connectivity index (χ2v) is 18.4. The lowest BCUT2D eigenvalue weighted by Crippen LogP contribution is -2.30. The van der Waals surface area contributed by atoms with Gasteiger partial charge in [-0.05, 0) is 31.1 Å². The van der Waals surface area contributed by atoms with Crippen LogP contribution in [0.4, 0.5) is 0 Å². The maximum absolute atomic E-state index is 12.7. The maximum atomic E-state index is 12.7. The summed E-state index contributed by atoms with van der Waals surface area (Å²) in [6, 6.07) is 0. The molecule has 0 aliphatic rings. The van der Waals surface area contributed by atoms with Crippen LogP contribution in [0, 0.1) is 11.8 Å². The first-order chi connectivity index (χ1) is 27.7. The minimum atomic E-state index is -0.761. The molecule has 0 aromatic rings. The second kappa shape index (κ2) is 44.0. The Bertz CT molecular complexity index is 870. The third-order valence-electron chi connectivity index (χ3n) is 11.5. The van der Waals surface area contributed by atoms with Crippen LogP contribution in [0.2, 0.25) is 0 Å². The second-order valence-electron chi connectivity index (χ2n) is 18.4. The van der Waals surface area contributed by atoms with E-state index in [4.69, 9.17) is 14.2 Å². The maximum Gasteiger partial charge on any atom is 0.306 e. The average molecular weight is 807 g/mol. The molecule has 338 valence electrons. The van der Waals surface area contributed by atoms with E-state index >= 15 is 0 Å². The van der Waals surface area contributed by atoms with Gasteiger partial charge >= 0.3 is 17.9 Å². The van der Waals surface area contributed by atoms with Gasteiger partial charge in [0, 0.05) is 19.3 Å². The highest BCUT2D eigenvalue weighted by Crippen LogP contribution is 2.17. The molecule has 0 aromatic heterocycles. The Labute approximate surface area is 355 Å². The van der Waals surface area contributed by atoms with Gasteiger partial charge in [-0.1, -0.05) is 240 Å². The van der Waals surface area contributed by atoms with Crippen molar-refractivity contribution in [3.8, 4) is 0 Å². The number of rotatable bonds is 45. The summed E-state index contributed by atoms with van der Waals surface area (Å²) in [7, 11) is 0. The topological polar surface area (TPSA) is 78.9 Å². The molecule has 0 saturated heterocycles. The van der Waals surface area contributed by atoms with Crippen LogP contribution in [0.15, 0.2) is 0 Å². The summed E-state index contributed by atoms with van der Waals surface area (Å²) in [6.45, 7) is 11.3. The summed E-state index contributed by atoms with van der Waals surface area (Å²) in [5.74, 6) is 0.754. The first-order valence-corrected chi connectivity index (χ1v) is 25.2. The Balaban J connectivity index is 4.26. The van der Waals surface area contributed by atoms with Gasteiger partial charge in [-0.3, -0.25) is 14.4 Å². The van der Waals surface area contributed by atoms with Gasteiger partial charge in [0.2, 0.25) is 0 Å². The quantitative estimate of drug-likeness (QED) is 0.0346. The largest absolute Gasteiger partial charge is 0.462 e. The molecule has 0 aliphatic heterocycles. The van der Waals surface area contributed by atoms with Crippen LogP contribution < -0.4 is 0 Å². The Kier molecular flexibility index (Phi) is 42.7. The number of carbonyl (C=O) groups is 3. The summed E-state index contributed by atoms with van der Waals surface area (Å²) in [5.41, 5.74) is 0. The standard InChI is InChI=1S/C51H98O6/c1-6-7-8-9-10-11-12-15-20-23-26-33-38-43-51(54)57-48(45-56-50(53)42-37-32-28-27-30-35-40-47(4)5)44-55-49(52)41-36-31-25-22-19-17-14-13-16-18-21-24-29-34-39-46(2)3/h46-48H,6-45H2,1-5H3/t48-/m0/s1. The molecule has 0 fully saturated rings. The zero-order chi connectivity index (χ0) is 41.9. The van der Waals surface area contributed by atoms with Gasteiger partial charge in [-0.25, -0.2) is 0 Å². The number of esters is 3. The van der Waals surface area contributed by atoms with Gasteiger partial charge in [0.15, 0.2) is 6.10 Å². The number of ether oxygens (including phenoxy) is 3. The highest BCUT2D eigenvalue weighted by atomic mass is 16.6. The fraction of sp³-hybridized carbons (Fsp3) is 0.941. The molecule has 0 heterocycles. The SMILES string of the molecule is CCCCCCCCCCCCCCCC(=O)O[C@@H](COC(=O)CCCCCCCCCCCCCCCCC(C)C)COC(=O)CCCCCCCCC(C)C. The lowest BCUT2D eigenvalue weighted by Gasteiger charge is -2.18. The van der Waals surface area contributed by atoms with Crippen molar-refractivity contribution in [1.29, 1.82) is 0 Å². The molecule has 1 atom stereocenters. The third kappa shape index (κ3) is 45.3. The van der Waals surface area contributed by atoms with E-state index in [2.05, 4.69) is 34.6 Å². The lowest BCUT2D eigenvalue weighted by atomic mass is 10.0. The molecule has 0 rings (SSSR count). The van der Waals surface area contributed by atoms with Crippen LogP contribution >= 0.6 is 0 Å². The van der Waals surface area contributed by atoms with Crippen molar-refractivity contribution in [3.63, 3.8) is 0 Å². The van der Waals surface area contributed by atoms with Crippen molar-refractivity contribution in [1.82, 2.24) is 0 Å². The molecule has 6 heteroatoms. The Hall–Kier alpha value is -1.59. The molecular weight excluding hydrogens is 709 g/mol. The van der Waals surface area contributed by atoms with Gasteiger partial charge in [0.05, 0.1) is 0 Å². The summed E-state index contributed by atoms with van der Waals surface area (Å²) in [4.78, 5) is 37.8. The van der Waals surface area contributed by atoms with Crippen LogP contribution in [-0.2, 0) is 28.6 Å². The van der Waals surface area contributed by atoms with Gasteiger partial charge in [-0.15, -0.1) is 0 Å². The zero-order valence-electron chi connectivity index (χ0n) is 39.0. The molecule has 0 bridgehead atoms. The molecule has 0 spiro atoms. The predicted molar refractivity (Wildman–Crippen MR) is 243 cm³/mol. The van der Waals surface area contributed by atoms with Crippen molar-refractivity contribution in [3.05, 3.63) is 0 Å². The molecule has 0 aliphatic carbocycles. The first kappa shape index (κ1) is 55.4. The van der Waals surface area contributed by atoms with E-state index in [1.165, 1.54) is 167 Å². The zero-order valence-corrected chi connectivity index (χ0v) is 39.0. The predicted octanol–water partition coefficient (Wildman–Crippen LogP) is 16.1. The molecule has 0 aromatic carbocycles. The molecule has 6 nitrogen and oxygen atoms in total. The van der Waals surface area contributed by atoms with Crippen molar-refractivity contribution >= 4 is 17.9 Å². The minimum absolute atomic E-state index is 0.0645. The number of unbranched alkanes of at least 4 members (excludes halogenated alkanes) is 30. The summed E-state index contributed by atoms with van der Waals surface area (Å²) in [6.07, 6.45) is 43.9. The molecule has 0 unspecified atom stereocenters. The summed E-state index contributed by atoms with van der Waals surface area (Å²) >= 11 is 0.